The largest absolute Gasteiger partial charge is 0.379 e. The van der Waals surface area contributed by atoms with Gasteiger partial charge in [-0.1, -0.05) is 0 Å². The summed E-state index contributed by atoms with van der Waals surface area (Å²) in [5.74, 6) is 0. The van der Waals surface area contributed by atoms with E-state index in [2.05, 4.69) is 10.2 Å². The Labute approximate surface area is 73.1 Å². The average molecular weight is 169 g/mol. The van der Waals surface area contributed by atoms with Crippen LogP contribution < -0.4 is 5.32 Å². The molecule has 1 saturated heterocycles. The monoisotopic (exact) mass is 169 g/mol. The van der Waals surface area contributed by atoms with E-state index in [0.717, 1.165) is 45.8 Å². The fourth-order valence-electron chi connectivity index (χ4n) is 1.27. The molecule has 4 nitrogen and oxygen atoms in total. The second-order valence-electron chi connectivity index (χ2n) is 2.85. The molecular formula is C8H15N3O. The van der Waals surface area contributed by atoms with E-state index in [-0.39, 0.29) is 0 Å². The number of rotatable bonds is 4. The van der Waals surface area contributed by atoms with Crippen LogP contribution >= 0.6 is 0 Å². The van der Waals surface area contributed by atoms with Crippen LogP contribution in [0.1, 0.15) is 6.42 Å². The van der Waals surface area contributed by atoms with Gasteiger partial charge in [-0.15, -0.1) is 0 Å². The molecule has 0 aromatic rings. The molecule has 0 radical (unpaired) electrons. The zero-order valence-electron chi connectivity index (χ0n) is 7.25. The molecular weight excluding hydrogens is 154 g/mol. The van der Waals surface area contributed by atoms with Crippen LogP contribution in [0.5, 0.6) is 0 Å². The van der Waals surface area contributed by atoms with Gasteiger partial charge in [0, 0.05) is 26.2 Å². The number of ether oxygens (including phenoxy) is 1. The van der Waals surface area contributed by atoms with Crippen molar-refractivity contribution < 1.29 is 4.74 Å². The van der Waals surface area contributed by atoms with Gasteiger partial charge in [0.05, 0.1) is 13.2 Å². The van der Waals surface area contributed by atoms with Crippen LogP contribution in [-0.4, -0.2) is 44.3 Å². The highest BCUT2D eigenvalue weighted by Gasteiger charge is 2.08. The quantitative estimate of drug-likeness (QED) is 0.359. The van der Waals surface area contributed by atoms with Crippen LogP contribution in [0.15, 0.2) is 0 Å². The number of morpholine rings is 1. The van der Waals surface area contributed by atoms with Crippen molar-refractivity contribution in [3.63, 3.8) is 0 Å². The molecule has 0 atom stereocenters. The molecule has 1 aliphatic heterocycles. The number of hydrogen-bond donors (Lipinski definition) is 1. The van der Waals surface area contributed by atoms with Crippen molar-refractivity contribution in [3.8, 4) is 6.19 Å². The van der Waals surface area contributed by atoms with Gasteiger partial charge in [0.25, 0.3) is 0 Å². The molecule has 1 heterocycles. The number of hydrogen-bond acceptors (Lipinski definition) is 4. The third-order valence-electron chi connectivity index (χ3n) is 1.96. The van der Waals surface area contributed by atoms with Crippen molar-refractivity contribution in [1.82, 2.24) is 10.2 Å². The van der Waals surface area contributed by atoms with Gasteiger partial charge in [-0.05, 0) is 6.42 Å². The Kier molecular flexibility index (Phi) is 4.50. The third-order valence-corrected chi connectivity index (χ3v) is 1.96. The molecule has 1 N–H and O–H groups in total. The molecule has 12 heavy (non-hydrogen) atoms. The first kappa shape index (κ1) is 9.30. The van der Waals surface area contributed by atoms with Crippen molar-refractivity contribution in [2.75, 3.05) is 39.4 Å². The second kappa shape index (κ2) is 5.81. The molecule has 0 unspecified atom stereocenters. The number of nitrogens with zero attached hydrogens (tertiary/aromatic N) is 2. The highest BCUT2D eigenvalue weighted by atomic mass is 16.5. The van der Waals surface area contributed by atoms with Gasteiger partial charge >= 0.3 is 0 Å². The molecule has 1 aliphatic rings. The highest BCUT2D eigenvalue weighted by molar-refractivity contribution is 4.67. The summed E-state index contributed by atoms with van der Waals surface area (Å²) in [5, 5.41) is 10.8. The Bertz CT molecular complexity index is 149. The smallest absolute Gasteiger partial charge is 0.176 e. The maximum Gasteiger partial charge on any atom is 0.176 e. The lowest BCUT2D eigenvalue weighted by molar-refractivity contribution is 0.0375. The highest BCUT2D eigenvalue weighted by Crippen LogP contribution is 1.96. The van der Waals surface area contributed by atoms with E-state index in [0.29, 0.717) is 0 Å². The third kappa shape index (κ3) is 3.56. The Hall–Kier alpha value is -0.790. The summed E-state index contributed by atoms with van der Waals surface area (Å²) in [6.07, 6.45) is 2.95. The van der Waals surface area contributed by atoms with Crippen molar-refractivity contribution in [1.29, 1.82) is 5.26 Å². The molecule has 1 rings (SSSR count). The van der Waals surface area contributed by atoms with E-state index in [1.54, 1.807) is 0 Å². The summed E-state index contributed by atoms with van der Waals surface area (Å²) in [6, 6.07) is 0. The van der Waals surface area contributed by atoms with Crippen LogP contribution in [-0.2, 0) is 4.74 Å². The molecule has 0 spiro atoms. The van der Waals surface area contributed by atoms with Gasteiger partial charge in [-0.3, -0.25) is 4.90 Å². The van der Waals surface area contributed by atoms with Crippen molar-refractivity contribution in [2.24, 2.45) is 0 Å². The standard InChI is InChI=1S/C8H15N3O/c9-8-10-2-1-3-11-4-6-12-7-5-11/h10H,1-7H2. The minimum absolute atomic E-state index is 0.786. The maximum absolute atomic E-state index is 8.21. The summed E-state index contributed by atoms with van der Waals surface area (Å²) in [7, 11) is 0. The second-order valence-corrected chi connectivity index (χ2v) is 2.85. The van der Waals surface area contributed by atoms with Crippen molar-refractivity contribution in [2.45, 2.75) is 6.42 Å². The van der Waals surface area contributed by atoms with Gasteiger partial charge in [-0.2, -0.15) is 5.26 Å². The number of nitrogens with one attached hydrogen (secondary N) is 1. The van der Waals surface area contributed by atoms with Crippen LogP contribution in [0, 0.1) is 11.5 Å². The zero-order valence-corrected chi connectivity index (χ0v) is 7.25. The van der Waals surface area contributed by atoms with Crippen LogP contribution in [0.25, 0.3) is 0 Å². The fraction of sp³-hybridized carbons (Fsp3) is 0.875. The molecule has 0 aliphatic carbocycles. The van der Waals surface area contributed by atoms with E-state index < -0.39 is 0 Å². The van der Waals surface area contributed by atoms with Gasteiger partial charge < -0.3 is 10.1 Å². The minimum atomic E-state index is 0.786. The lowest BCUT2D eigenvalue weighted by Crippen LogP contribution is -2.37. The summed E-state index contributed by atoms with van der Waals surface area (Å²) < 4.78 is 5.22. The fourth-order valence-corrected chi connectivity index (χ4v) is 1.27. The first-order valence-electron chi connectivity index (χ1n) is 4.35. The summed E-state index contributed by atoms with van der Waals surface area (Å²) >= 11 is 0. The van der Waals surface area contributed by atoms with Gasteiger partial charge in [0.2, 0.25) is 0 Å². The Balaban J connectivity index is 1.95. The Morgan fingerprint density at radius 1 is 1.42 bits per heavy atom. The zero-order chi connectivity index (χ0) is 8.65. The molecule has 1 fully saturated rings. The normalized spacial score (nSPS) is 18.6. The Morgan fingerprint density at radius 3 is 2.83 bits per heavy atom. The lowest BCUT2D eigenvalue weighted by atomic mass is 10.3. The maximum atomic E-state index is 8.21. The predicted octanol–water partition coefficient (Wildman–Crippen LogP) is -0.221. The molecule has 0 aromatic heterocycles. The van der Waals surface area contributed by atoms with Gasteiger partial charge in [0.15, 0.2) is 6.19 Å². The molecule has 0 amide bonds. The molecule has 0 bridgehead atoms. The molecule has 68 valence electrons. The van der Waals surface area contributed by atoms with Crippen molar-refractivity contribution >= 4 is 0 Å². The lowest BCUT2D eigenvalue weighted by Gasteiger charge is -2.26. The number of nitriles is 1. The van der Waals surface area contributed by atoms with Crippen LogP contribution in [0.3, 0.4) is 0 Å². The summed E-state index contributed by atoms with van der Waals surface area (Å²) in [6.45, 7) is 5.63. The predicted molar refractivity (Wildman–Crippen MR) is 45.5 cm³/mol. The SMILES string of the molecule is N#CNCCCN1CCOCC1. The van der Waals surface area contributed by atoms with E-state index in [4.69, 9.17) is 10.00 Å². The topological polar surface area (TPSA) is 48.3 Å². The molecule has 0 aromatic carbocycles. The summed E-state index contributed by atoms with van der Waals surface area (Å²) in [4.78, 5) is 2.36. The van der Waals surface area contributed by atoms with Crippen LogP contribution in [0.2, 0.25) is 0 Å². The summed E-state index contributed by atoms with van der Waals surface area (Å²) in [5.41, 5.74) is 0. The molecule has 0 saturated carbocycles. The van der Waals surface area contributed by atoms with E-state index in [1.807, 2.05) is 6.19 Å². The van der Waals surface area contributed by atoms with Crippen LogP contribution in [0.4, 0.5) is 0 Å². The average Bonchev–Trinajstić information content (AvgIpc) is 2.14. The Morgan fingerprint density at radius 2 is 2.17 bits per heavy atom. The van der Waals surface area contributed by atoms with E-state index in [1.165, 1.54) is 0 Å². The van der Waals surface area contributed by atoms with E-state index in [9.17, 15) is 0 Å². The first-order valence-corrected chi connectivity index (χ1v) is 4.35. The van der Waals surface area contributed by atoms with Crippen molar-refractivity contribution in [3.05, 3.63) is 0 Å². The first-order chi connectivity index (χ1) is 5.93. The van der Waals surface area contributed by atoms with Gasteiger partial charge in [0.1, 0.15) is 0 Å². The van der Waals surface area contributed by atoms with Gasteiger partial charge in [-0.25, -0.2) is 0 Å². The minimum Gasteiger partial charge on any atom is -0.379 e. The van der Waals surface area contributed by atoms with E-state index >= 15 is 0 Å². The molecule has 4 heteroatoms.